The number of rotatable bonds is 3. The molecule has 0 fully saturated rings. The second-order valence-electron chi connectivity index (χ2n) is 3.76. The molecule has 0 saturated carbocycles. The summed E-state index contributed by atoms with van der Waals surface area (Å²) in [6.45, 7) is 9.38. The molecule has 0 aromatic carbocycles. The van der Waals surface area contributed by atoms with Crippen molar-refractivity contribution >= 4 is 12.3 Å². The van der Waals surface area contributed by atoms with Crippen LogP contribution in [0, 0.1) is 0 Å². The highest BCUT2D eigenvalue weighted by Crippen LogP contribution is 1.92. The van der Waals surface area contributed by atoms with Crippen molar-refractivity contribution in [2.24, 2.45) is 0 Å². The van der Waals surface area contributed by atoms with Crippen molar-refractivity contribution in [2.45, 2.75) is 34.6 Å². The molecule has 0 heterocycles. The lowest BCUT2D eigenvalue weighted by Crippen LogP contribution is -2.02. The lowest BCUT2D eigenvalue weighted by molar-refractivity contribution is 0.0888. The van der Waals surface area contributed by atoms with Crippen LogP contribution in [0.1, 0.15) is 34.6 Å². The molecule has 0 radical (unpaired) electrons. The van der Waals surface area contributed by atoms with Crippen LogP contribution in [0.25, 0.3) is 0 Å². The topological polar surface area (TPSA) is 71.1 Å². The largest absolute Gasteiger partial charge is 0.513 e. The molecule has 19 heavy (non-hydrogen) atoms. The van der Waals surface area contributed by atoms with Gasteiger partial charge in [-0.25, -0.2) is 9.59 Å². The first-order valence-electron chi connectivity index (χ1n) is 5.68. The fourth-order valence-corrected chi connectivity index (χ4v) is 0.532. The summed E-state index contributed by atoms with van der Waals surface area (Å²) >= 11 is 0. The molecule has 0 amide bonds. The highest BCUT2D eigenvalue weighted by atomic mass is 16.7. The molecular formula is C13H22O6. The summed E-state index contributed by atoms with van der Waals surface area (Å²) in [6, 6.07) is 0. The Morgan fingerprint density at radius 3 is 1.63 bits per heavy atom. The molecule has 0 rings (SSSR count). The SMILES string of the molecule is CCOC(=O)OC=C(C)C.COC(=O)OC=C(C)C. The zero-order chi connectivity index (χ0) is 15.3. The zero-order valence-electron chi connectivity index (χ0n) is 12.3. The van der Waals surface area contributed by atoms with E-state index in [1.165, 1.54) is 19.6 Å². The lowest BCUT2D eigenvalue weighted by atomic mass is 10.4. The molecule has 0 aliphatic heterocycles. The molecule has 0 aromatic rings. The van der Waals surface area contributed by atoms with E-state index in [4.69, 9.17) is 0 Å². The van der Waals surface area contributed by atoms with Gasteiger partial charge in [-0.3, -0.25) is 0 Å². The third-order valence-electron chi connectivity index (χ3n) is 1.21. The van der Waals surface area contributed by atoms with Crippen molar-refractivity contribution in [2.75, 3.05) is 13.7 Å². The third kappa shape index (κ3) is 18.6. The van der Waals surface area contributed by atoms with E-state index in [0.29, 0.717) is 6.61 Å². The van der Waals surface area contributed by atoms with Crippen LogP contribution in [0.2, 0.25) is 0 Å². The van der Waals surface area contributed by atoms with E-state index in [-0.39, 0.29) is 0 Å². The average Bonchev–Trinajstić information content (AvgIpc) is 2.34. The first-order chi connectivity index (χ1) is 8.83. The van der Waals surface area contributed by atoms with Crippen LogP contribution in [0.3, 0.4) is 0 Å². The van der Waals surface area contributed by atoms with Gasteiger partial charge in [0.2, 0.25) is 0 Å². The van der Waals surface area contributed by atoms with Gasteiger partial charge in [-0.05, 0) is 45.8 Å². The fourth-order valence-electron chi connectivity index (χ4n) is 0.532. The number of ether oxygens (including phenoxy) is 4. The first-order valence-corrected chi connectivity index (χ1v) is 5.68. The normalized spacial score (nSPS) is 8.11. The van der Waals surface area contributed by atoms with Crippen LogP contribution in [-0.4, -0.2) is 26.0 Å². The maximum atomic E-state index is 10.5. The molecule has 0 bridgehead atoms. The minimum atomic E-state index is -0.684. The van der Waals surface area contributed by atoms with Gasteiger partial charge < -0.3 is 18.9 Å². The molecule has 0 saturated heterocycles. The summed E-state index contributed by atoms with van der Waals surface area (Å²) in [7, 11) is 1.27. The standard InChI is InChI=1S/C7H12O3.C6H10O3/c1-4-9-7(8)10-5-6(2)3;1-5(2)4-9-6(7)8-3/h5H,4H2,1-3H3;4H,1-3H3. The maximum absolute atomic E-state index is 10.5. The maximum Gasteiger partial charge on any atom is 0.513 e. The van der Waals surface area contributed by atoms with Gasteiger partial charge >= 0.3 is 12.3 Å². The molecule has 0 spiro atoms. The van der Waals surface area contributed by atoms with E-state index in [9.17, 15) is 9.59 Å². The van der Waals surface area contributed by atoms with E-state index in [0.717, 1.165) is 11.1 Å². The quantitative estimate of drug-likeness (QED) is 0.576. The summed E-state index contributed by atoms with van der Waals surface area (Å²) < 4.78 is 17.6. The van der Waals surface area contributed by atoms with Crippen LogP contribution in [0.15, 0.2) is 23.7 Å². The smallest absolute Gasteiger partial charge is 0.437 e. The average molecular weight is 274 g/mol. The number of carbonyl (C=O) groups excluding carboxylic acids is 2. The van der Waals surface area contributed by atoms with E-state index in [1.54, 1.807) is 6.92 Å². The molecular weight excluding hydrogens is 252 g/mol. The molecule has 6 heteroatoms. The summed E-state index contributed by atoms with van der Waals surface area (Å²) in [5.41, 5.74) is 1.84. The molecule has 0 atom stereocenters. The molecule has 0 unspecified atom stereocenters. The second kappa shape index (κ2) is 12.5. The Labute approximate surface area is 114 Å². The Morgan fingerprint density at radius 1 is 0.895 bits per heavy atom. The molecule has 0 aromatic heterocycles. The number of hydrogen-bond acceptors (Lipinski definition) is 6. The van der Waals surface area contributed by atoms with Crippen LogP contribution in [-0.2, 0) is 18.9 Å². The third-order valence-corrected chi connectivity index (χ3v) is 1.21. The molecule has 0 aliphatic carbocycles. The van der Waals surface area contributed by atoms with Crippen molar-refractivity contribution in [3.63, 3.8) is 0 Å². The first kappa shape index (κ1) is 19.4. The number of carbonyl (C=O) groups is 2. The Kier molecular flexibility index (Phi) is 12.7. The van der Waals surface area contributed by atoms with Gasteiger partial charge in [-0.2, -0.15) is 0 Å². The van der Waals surface area contributed by atoms with E-state index in [2.05, 4.69) is 18.9 Å². The minimum Gasteiger partial charge on any atom is -0.437 e. The molecule has 110 valence electrons. The van der Waals surface area contributed by atoms with Crippen molar-refractivity contribution in [1.29, 1.82) is 0 Å². The van der Waals surface area contributed by atoms with Crippen molar-refractivity contribution in [3.05, 3.63) is 23.7 Å². The predicted octanol–water partition coefficient (Wildman–Crippen LogP) is 3.78. The Hall–Kier alpha value is -1.98. The van der Waals surface area contributed by atoms with Crippen molar-refractivity contribution in [3.8, 4) is 0 Å². The number of allylic oxidation sites excluding steroid dienone is 2. The molecule has 6 nitrogen and oxygen atoms in total. The van der Waals surface area contributed by atoms with Gasteiger partial charge in [0.1, 0.15) is 0 Å². The van der Waals surface area contributed by atoms with Crippen molar-refractivity contribution < 1.29 is 28.5 Å². The highest BCUT2D eigenvalue weighted by molar-refractivity contribution is 5.60. The van der Waals surface area contributed by atoms with Crippen LogP contribution in [0.5, 0.6) is 0 Å². The van der Waals surface area contributed by atoms with Crippen LogP contribution >= 0.6 is 0 Å². The van der Waals surface area contributed by atoms with Gasteiger partial charge in [-0.1, -0.05) is 0 Å². The van der Waals surface area contributed by atoms with Crippen LogP contribution < -0.4 is 0 Å². The fraction of sp³-hybridized carbons (Fsp3) is 0.538. The molecule has 0 aliphatic rings. The van der Waals surface area contributed by atoms with Gasteiger partial charge in [0.05, 0.1) is 26.2 Å². The van der Waals surface area contributed by atoms with Crippen molar-refractivity contribution in [1.82, 2.24) is 0 Å². The lowest BCUT2D eigenvalue weighted by Gasteiger charge is -1.98. The summed E-state index contributed by atoms with van der Waals surface area (Å²) in [5.74, 6) is 0. The number of hydrogen-bond donors (Lipinski definition) is 0. The number of methoxy groups -OCH3 is 1. The van der Waals surface area contributed by atoms with Gasteiger partial charge in [0.15, 0.2) is 0 Å². The second-order valence-corrected chi connectivity index (χ2v) is 3.76. The van der Waals surface area contributed by atoms with Gasteiger partial charge in [-0.15, -0.1) is 0 Å². The Balaban J connectivity index is 0. The summed E-state index contributed by atoms with van der Waals surface area (Å²) in [6.07, 6.45) is 1.36. The Morgan fingerprint density at radius 2 is 1.32 bits per heavy atom. The van der Waals surface area contributed by atoms with E-state index < -0.39 is 12.3 Å². The summed E-state index contributed by atoms with van der Waals surface area (Å²) in [4.78, 5) is 20.7. The Bertz CT molecular complexity index is 322. The van der Waals surface area contributed by atoms with E-state index >= 15 is 0 Å². The summed E-state index contributed by atoms with van der Waals surface area (Å²) in [5, 5.41) is 0. The predicted molar refractivity (Wildman–Crippen MR) is 70.5 cm³/mol. The highest BCUT2D eigenvalue weighted by Gasteiger charge is 1.97. The minimum absolute atomic E-state index is 0.343. The van der Waals surface area contributed by atoms with Gasteiger partial charge in [0, 0.05) is 0 Å². The van der Waals surface area contributed by atoms with Crippen LogP contribution in [0.4, 0.5) is 9.59 Å². The molecule has 0 N–H and O–H groups in total. The van der Waals surface area contributed by atoms with Gasteiger partial charge in [0.25, 0.3) is 0 Å². The monoisotopic (exact) mass is 274 g/mol. The van der Waals surface area contributed by atoms with E-state index in [1.807, 2.05) is 27.7 Å². The zero-order valence-corrected chi connectivity index (χ0v) is 12.3.